The van der Waals surface area contributed by atoms with E-state index in [2.05, 4.69) is 47.9 Å². The predicted molar refractivity (Wildman–Crippen MR) is 436 cm³/mol. The van der Waals surface area contributed by atoms with Crippen molar-refractivity contribution in [3.63, 3.8) is 0 Å². The number of benzene rings is 2. The zero-order chi connectivity index (χ0) is 92.6. The van der Waals surface area contributed by atoms with Crippen LogP contribution in [0.5, 0.6) is 17.2 Å². The van der Waals surface area contributed by atoms with E-state index >= 15 is 0 Å². The van der Waals surface area contributed by atoms with Crippen LogP contribution in [0.2, 0.25) is 0 Å². The number of ketones is 1. The summed E-state index contributed by atoms with van der Waals surface area (Å²) in [7, 11) is 3.83. The van der Waals surface area contributed by atoms with Crippen LogP contribution < -0.4 is 112 Å². The van der Waals surface area contributed by atoms with Crippen LogP contribution >= 0.6 is 0 Å². The number of aromatic nitrogens is 9. The van der Waals surface area contributed by atoms with Gasteiger partial charge in [-0.3, -0.25) is 91.2 Å². The van der Waals surface area contributed by atoms with Gasteiger partial charge in [-0.1, -0.05) is 54.6 Å². The van der Waals surface area contributed by atoms with Crippen molar-refractivity contribution in [1.82, 2.24) is 74.1 Å². The number of carbonyl (C=O) groups excluding carboxylic acids is 9. The van der Waals surface area contributed by atoms with Crippen molar-refractivity contribution in [3.8, 4) is 17.2 Å². The number of rotatable bonds is 31. The number of carbonyl (C=O) groups is 9. The Morgan fingerprint density at radius 3 is 0.717 bits per heavy atom. The van der Waals surface area contributed by atoms with Gasteiger partial charge >= 0.3 is 0 Å². The van der Waals surface area contributed by atoms with Gasteiger partial charge in [0.2, 0.25) is 5.78 Å². The lowest BCUT2D eigenvalue weighted by atomic mass is 10.0. The summed E-state index contributed by atoms with van der Waals surface area (Å²) in [5.74, 6) is -7.40. The minimum atomic E-state index is -0.935. The van der Waals surface area contributed by atoms with Crippen LogP contribution in [-0.4, -0.2) is 215 Å². The van der Waals surface area contributed by atoms with Gasteiger partial charge in [-0.2, -0.15) is 0 Å². The topological polar surface area (TPSA) is 673 Å². The fourth-order valence-electron chi connectivity index (χ4n) is 11.7. The number of nitrogens with zero attached hydrogens (tertiary/aromatic N) is 10. The monoisotopic (exact) mass is 1760 g/mol. The molecule has 0 atom stereocenters. The van der Waals surface area contributed by atoms with E-state index in [1.54, 1.807) is 4.90 Å². The summed E-state index contributed by atoms with van der Waals surface area (Å²) in [4.78, 5) is 221. The second-order valence-corrected chi connectivity index (χ2v) is 25.9. The molecule has 9 aromatic heterocycles. The standard InChI is InChI=1S/C30H30N6O12.C24H27N7O9.C24H18N6O9/c1-46-26-16(13-32-29(41)19-8-5-11-23(39)35(19)44)27(47-2)25(31-15-21(37)18-7-4-10-22(38)34(18)43)28(48-3)17(26)14-33-30(42)20-9-6-12-24(40)36(20)45;32-19-7-1-4-16(29(19)38)22(35)25-10-13-28(14-11-26-23(36)17-5-2-8-20(33)30(17)39)15-12-27-24(37)18-6-3-9-21(34)31(18)40;31-19-7-1-4-16(28(19)37)22(34)25-13-10-14(26-23(35)17-5-2-8-20(32)29(17)38)12-15(11-13)27-24(36)18-6-3-9-21(33)30(18)39/h4-12,31,43-45H,13-15H2,1-3H3,(H,32,41)(H,33,42);1-9,38-40H,10-15H2,(H,25,35)(H,26,36)(H,27,37);1-12,37-39H,(H,25,34)(H,26,35)(H,27,36). The number of pyridine rings is 9. The molecule has 0 bridgehead atoms. The van der Waals surface area contributed by atoms with Crippen LogP contribution in [0.1, 0.15) is 106 Å². The summed E-state index contributed by atoms with van der Waals surface area (Å²) in [6, 6.07) is 35.6. The quantitative estimate of drug-likeness (QED) is 0.0173. The zero-order valence-corrected chi connectivity index (χ0v) is 66.3. The molecule has 0 aliphatic carbocycles. The van der Waals surface area contributed by atoms with Gasteiger partial charge in [0.05, 0.1) is 52.1 Å². The van der Waals surface area contributed by atoms with Crippen LogP contribution in [0.15, 0.2) is 225 Å². The molecule has 662 valence electrons. The second kappa shape index (κ2) is 42.1. The Labute approximate surface area is 707 Å². The first-order valence-corrected chi connectivity index (χ1v) is 36.6. The van der Waals surface area contributed by atoms with Gasteiger partial charge in [0.25, 0.3) is 97.3 Å². The van der Waals surface area contributed by atoms with E-state index in [4.69, 9.17) is 14.2 Å². The zero-order valence-electron chi connectivity index (χ0n) is 66.3. The maximum atomic E-state index is 13.0. The minimum absolute atomic E-state index is 0.0111. The van der Waals surface area contributed by atoms with Crippen LogP contribution in [0.3, 0.4) is 0 Å². The summed E-state index contributed by atoms with van der Waals surface area (Å²) in [6.45, 7) is -0.516. The molecule has 11 rings (SSSR count). The van der Waals surface area contributed by atoms with E-state index < -0.39 is 127 Å². The highest BCUT2D eigenvalue weighted by Crippen LogP contribution is 2.47. The first kappa shape index (κ1) is 92.7. The minimum Gasteiger partial charge on any atom is -0.496 e. The molecule has 0 saturated carbocycles. The third-order valence-electron chi connectivity index (χ3n) is 17.8. The van der Waals surface area contributed by atoms with Gasteiger partial charge in [0.1, 0.15) is 62.7 Å². The molecular formula is C78H75N19O30. The summed E-state index contributed by atoms with van der Waals surface area (Å²) >= 11 is 0. The van der Waals surface area contributed by atoms with E-state index in [1.807, 2.05) is 0 Å². The van der Waals surface area contributed by atoms with Gasteiger partial charge in [0.15, 0.2) is 11.5 Å². The van der Waals surface area contributed by atoms with E-state index in [9.17, 15) is 133 Å². The van der Waals surface area contributed by atoms with Gasteiger partial charge in [-0.05, 0) is 72.8 Å². The molecule has 0 radical (unpaired) electrons. The van der Waals surface area contributed by atoms with Crippen LogP contribution in [0, 0.1) is 0 Å². The van der Waals surface area contributed by atoms with Gasteiger partial charge in [-0.15, -0.1) is 42.6 Å². The molecule has 0 saturated heterocycles. The number of hydrogen-bond donors (Lipinski definition) is 18. The maximum Gasteiger partial charge on any atom is 0.283 e. The third kappa shape index (κ3) is 22.6. The molecule has 0 spiro atoms. The van der Waals surface area contributed by atoms with Crippen LogP contribution in [0.4, 0.5) is 22.7 Å². The Hall–Kier alpha value is -18.2. The van der Waals surface area contributed by atoms with Crippen molar-refractivity contribution in [3.05, 3.63) is 338 Å². The molecule has 0 unspecified atom stereocenters. The highest BCUT2D eigenvalue weighted by Gasteiger charge is 2.30. The lowest BCUT2D eigenvalue weighted by molar-refractivity contribution is 0.0869. The average Bonchev–Trinajstić information content (AvgIpc) is 0.763. The molecule has 0 aliphatic rings. The largest absolute Gasteiger partial charge is 0.496 e. The van der Waals surface area contributed by atoms with E-state index in [-0.39, 0.29) is 180 Å². The molecule has 8 amide bonds. The second-order valence-electron chi connectivity index (χ2n) is 25.9. The number of hydrogen-bond acceptors (Lipinski definition) is 32. The summed E-state index contributed by atoms with van der Waals surface area (Å²) in [6.07, 6.45) is 0. The summed E-state index contributed by atoms with van der Waals surface area (Å²) in [5.41, 5.74) is -10.5. The molecule has 11 aromatic rings. The molecule has 0 fully saturated rings. The lowest BCUT2D eigenvalue weighted by Crippen LogP contribution is -2.44. The fourth-order valence-corrected chi connectivity index (χ4v) is 11.7. The normalized spacial score (nSPS) is 10.6. The van der Waals surface area contributed by atoms with Crippen molar-refractivity contribution in [2.24, 2.45) is 0 Å². The lowest BCUT2D eigenvalue weighted by Gasteiger charge is -2.25. The molecule has 18 N–H and O–H groups in total. The van der Waals surface area contributed by atoms with Gasteiger partial charge in [0, 0.05) is 111 Å². The molecule has 9 heterocycles. The molecule has 49 heteroatoms. The first-order chi connectivity index (χ1) is 60.6. The Morgan fingerprint density at radius 1 is 0.283 bits per heavy atom. The molecule has 127 heavy (non-hydrogen) atoms. The van der Waals surface area contributed by atoms with Crippen LogP contribution in [0.25, 0.3) is 0 Å². The fraction of sp³-hybridized carbons (Fsp3) is 0.154. The Balaban J connectivity index is 0.000000217. The number of ether oxygens (including phenoxy) is 3. The number of anilines is 4. The Morgan fingerprint density at radius 2 is 0.488 bits per heavy atom. The van der Waals surface area contributed by atoms with Crippen molar-refractivity contribution in [2.75, 3.05) is 88.4 Å². The summed E-state index contributed by atoms with van der Waals surface area (Å²) in [5, 5.41) is 112. The van der Waals surface area contributed by atoms with E-state index in [0.29, 0.717) is 0 Å². The van der Waals surface area contributed by atoms with Crippen LogP contribution in [-0.2, 0) is 13.1 Å². The first-order valence-electron chi connectivity index (χ1n) is 36.6. The number of methoxy groups -OCH3 is 3. The van der Waals surface area contributed by atoms with Gasteiger partial charge in [-0.25, -0.2) is 0 Å². The third-order valence-corrected chi connectivity index (χ3v) is 17.8. The van der Waals surface area contributed by atoms with Gasteiger partial charge < -0.3 is 109 Å². The highest BCUT2D eigenvalue weighted by atomic mass is 16.5. The van der Waals surface area contributed by atoms with E-state index in [0.717, 1.165) is 72.8 Å². The Bertz CT molecular complexity index is 6020. The van der Waals surface area contributed by atoms with Crippen molar-refractivity contribution in [1.29, 1.82) is 0 Å². The smallest absolute Gasteiger partial charge is 0.283 e. The average molecular weight is 1760 g/mol. The highest BCUT2D eigenvalue weighted by molar-refractivity contribution is 6.08. The number of amides is 8. The molecule has 2 aromatic carbocycles. The molecule has 49 nitrogen and oxygen atoms in total. The SMILES string of the molecule is COc1c(CNC(=O)c2cccc(=O)n2O)c(OC)c(NCC(=O)c2cccc(=O)n2O)c(OC)c1CNC(=O)c1cccc(=O)n1O.O=C(NCCN(CCNC(=O)c1cccc(=O)n1O)CCNC(=O)c1cccc(=O)n1O)c1cccc(=O)n1O.O=C(Nc1cc(NC(=O)c2cccc(=O)n2O)cc(NC(=O)c2cccc(=O)n2O)c1)c1cccc(=O)n1O. The Kier molecular flexibility index (Phi) is 30.7. The van der Waals surface area contributed by atoms with Crippen molar-refractivity contribution in [2.45, 2.75) is 13.1 Å². The van der Waals surface area contributed by atoms with E-state index in [1.165, 1.54) is 131 Å². The molecular weight excluding hydrogens is 1680 g/mol. The predicted octanol–water partition coefficient (Wildman–Crippen LogP) is -1.52. The van der Waals surface area contributed by atoms with Crippen molar-refractivity contribution >= 4 is 75.8 Å². The summed E-state index contributed by atoms with van der Waals surface area (Å²) < 4.78 is 18.5. The maximum absolute atomic E-state index is 13.0. The number of nitrogens with one attached hydrogen (secondary N) is 9. The van der Waals surface area contributed by atoms with Crippen molar-refractivity contribution < 1.29 is 104 Å². The number of Topliss-reactive ketones (excluding diaryl/α,β-unsaturated/α-hetero) is 1. The molecule has 0 aliphatic heterocycles.